The van der Waals surface area contributed by atoms with Crippen LogP contribution in [0.15, 0.2) is 18.2 Å². The minimum atomic E-state index is -1.19. The van der Waals surface area contributed by atoms with Gasteiger partial charge in [0.1, 0.15) is 11.6 Å². The third-order valence-electron chi connectivity index (χ3n) is 1.97. The lowest BCUT2D eigenvalue weighted by molar-refractivity contribution is 0.0740. The summed E-state index contributed by atoms with van der Waals surface area (Å²) in [5.74, 6) is 0.155. The Morgan fingerprint density at radius 1 is 1.33 bits per heavy atom. The monoisotopic (exact) mass is 212 g/mol. The summed E-state index contributed by atoms with van der Waals surface area (Å²) in [4.78, 5) is 0. The standard InChI is InChI=1S/C12H17FO2/c1-8(2)15-9-5-6-11(13)10(7-9)12(3,4)14/h5-8,14H,1-4H3. The van der Waals surface area contributed by atoms with Crippen molar-refractivity contribution in [3.8, 4) is 5.75 Å². The Morgan fingerprint density at radius 3 is 2.40 bits per heavy atom. The Kier molecular flexibility index (Phi) is 3.35. The van der Waals surface area contributed by atoms with Crippen molar-refractivity contribution in [2.45, 2.75) is 39.4 Å². The first-order valence-corrected chi connectivity index (χ1v) is 5.00. The van der Waals surface area contributed by atoms with Crippen LogP contribution in [-0.4, -0.2) is 11.2 Å². The van der Waals surface area contributed by atoms with Crippen LogP contribution in [0.3, 0.4) is 0 Å². The molecule has 0 aliphatic rings. The molecule has 0 aromatic heterocycles. The first-order valence-electron chi connectivity index (χ1n) is 5.00. The van der Waals surface area contributed by atoms with Gasteiger partial charge in [0, 0.05) is 5.56 Å². The molecule has 0 unspecified atom stereocenters. The maximum Gasteiger partial charge on any atom is 0.129 e. The number of halogens is 1. The minimum absolute atomic E-state index is 0.0325. The van der Waals surface area contributed by atoms with E-state index < -0.39 is 11.4 Å². The van der Waals surface area contributed by atoms with Crippen LogP contribution in [0.2, 0.25) is 0 Å². The highest BCUT2D eigenvalue weighted by molar-refractivity contribution is 5.33. The number of ether oxygens (including phenoxy) is 1. The van der Waals surface area contributed by atoms with Crippen LogP contribution < -0.4 is 4.74 Å². The number of hydrogen-bond donors (Lipinski definition) is 1. The normalized spacial score (nSPS) is 11.9. The Hall–Kier alpha value is -1.09. The molecule has 0 radical (unpaired) electrons. The lowest BCUT2D eigenvalue weighted by Gasteiger charge is -2.20. The van der Waals surface area contributed by atoms with E-state index in [2.05, 4.69) is 0 Å². The molecule has 0 saturated heterocycles. The quantitative estimate of drug-likeness (QED) is 0.834. The van der Waals surface area contributed by atoms with Gasteiger partial charge in [0.2, 0.25) is 0 Å². The molecule has 0 saturated carbocycles. The molecule has 0 heterocycles. The van der Waals surface area contributed by atoms with Crippen LogP contribution in [-0.2, 0) is 5.60 Å². The fourth-order valence-corrected chi connectivity index (χ4v) is 1.32. The van der Waals surface area contributed by atoms with Crippen LogP contribution in [0.4, 0.5) is 4.39 Å². The van der Waals surface area contributed by atoms with Gasteiger partial charge in [0.15, 0.2) is 0 Å². The fourth-order valence-electron chi connectivity index (χ4n) is 1.32. The van der Waals surface area contributed by atoms with Gasteiger partial charge in [-0.15, -0.1) is 0 Å². The summed E-state index contributed by atoms with van der Waals surface area (Å²) in [6.07, 6.45) is 0.0325. The van der Waals surface area contributed by atoms with Crippen LogP contribution in [0, 0.1) is 5.82 Å². The Morgan fingerprint density at radius 2 is 1.93 bits per heavy atom. The van der Waals surface area contributed by atoms with Gasteiger partial charge in [-0.2, -0.15) is 0 Å². The zero-order chi connectivity index (χ0) is 11.6. The van der Waals surface area contributed by atoms with Gasteiger partial charge in [-0.3, -0.25) is 0 Å². The van der Waals surface area contributed by atoms with E-state index in [1.807, 2.05) is 13.8 Å². The van der Waals surface area contributed by atoms with E-state index in [1.54, 1.807) is 19.9 Å². The smallest absolute Gasteiger partial charge is 0.129 e. The number of rotatable bonds is 3. The van der Waals surface area contributed by atoms with E-state index in [1.165, 1.54) is 12.1 Å². The Labute approximate surface area is 89.7 Å². The third kappa shape index (κ3) is 3.20. The van der Waals surface area contributed by atoms with Crippen molar-refractivity contribution in [2.24, 2.45) is 0 Å². The summed E-state index contributed by atoms with van der Waals surface area (Å²) in [5.41, 5.74) is -0.943. The summed E-state index contributed by atoms with van der Waals surface area (Å²) in [7, 11) is 0. The number of benzene rings is 1. The van der Waals surface area contributed by atoms with Gasteiger partial charge in [-0.05, 0) is 45.9 Å². The maximum absolute atomic E-state index is 13.4. The second kappa shape index (κ2) is 4.19. The molecular weight excluding hydrogens is 195 g/mol. The van der Waals surface area contributed by atoms with Gasteiger partial charge in [-0.1, -0.05) is 0 Å². The molecule has 0 aliphatic heterocycles. The summed E-state index contributed by atoms with van der Waals surface area (Å²) >= 11 is 0. The van der Waals surface area contributed by atoms with Gasteiger partial charge >= 0.3 is 0 Å². The maximum atomic E-state index is 13.4. The molecule has 0 amide bonds. The second-order valence-electron chi connectivity index (χ2n) is 4.37. The van der Waals surface area contributed by atoms with Crippen LogP contribution in [0.1, 0.15) is 33.3 Å². The van der Waals surface area contributed by atoms with Crippen molar-refractivity contribution in [2.75, 3.05) is 0 Å². The molecule has 15 heavy (non-hydrogen) atoms. The van der Waals surface area contributed by atoms with E-state index in [0.29, 0.717) is 5.75 Å². The topological polar surface area (TPSA) is 29.5 Å². The first-order chi connectivity index (χ1) is 6.80. The van der Waals surface area contributed by atoms with Crippen LogP contribution in [0.25, 0.3) is 0 Å². The number of hydrogen-bond acceptors (Lipinski definition) is 2. The molecule has 3 heteroatoms. The highest BCUT2D eigenvalue weighted by Gasteiger charge is 2.21. The van der Waals surface area contributed by atoms with E-state index in [0.717, 1.165) is 0 Å². The van der Waals surface area contributed by atoms with Crippen molar-refractivity contribution in [1.82, 2.24) is 0 Å². The molecular formula is C12H17FO2. The third-order valence-corrected chi connectivity index (χ3v) is 1.97. The van der Waals surface area contributed by atoms with Crippen LogP contribution >= 0.6 is 0 Å². The largest absolute Gasteiger partial charge is 0.491 e. The Balaban J connectivity index is 3.06. The summed E-state index contributed by atoms with van der Waals surface area (Å²) in [6.45, 7) is 6.88. The average molecular weight is 212 g/mol. The molecule has 1 rings (SSSR count). The predicted octanol–water partition coefficient (Wildman–Crippen LogP) is 2.84. The Bertz CT molecular complexity index is 340. The molecule has 84 valence electrons. The van der Waals surface area contributed by atoms with E-state index in [-0.39, 0.29) is 11.7 Å². The lowest BCUT2D eigenvalue weighted by atomic mass is 9.98. The SMILES string of the molecule is CC(C)Oc1ccc(F)c(C(C)(C)O)c1. The van der Waals surface area contributed by atoms with E-state index >= 15 is 0 Å². The van der Waals surface area contributed by atoms with Crippen molar-refractivity contribution in [3.05, 3.63) is 29.6 Å². The minimum Gasteiger partial charge on any atom is -0.491 e. The molecule has 0 fully saturated rings. The first kappa shape index (κ1) is 12.0. The number of aliphatic hydroxyl groups is 1. The lowest BCUT2D eigenvalue weighted by Crippen LogP contribution is -2.18. The van der Waals surface area contributed by atoms with Gasteiger partial charge in [-0.25, -0.2) is 4.39 Å². The van der Waals surface area contributed by atoms with Crippen molar-refractivity contribution >= 4 is 0 Å². The molecule has 0 aliphatic carbocycles. The van der Waals surface area contributed by atoms with Gasteiger partial charge < -0.3 is 9.84 Å². The molecule has 0 atom stereocenters. The zero-order valence-corrected chi connectivity index (χ0v) is 9.54. The van der Waals surface area contributed by atoms with Gasteiger partial charge in [0.05, 0.1) is 11.7 Å². The predicted molar refractivity (Wildman–Crippen MR) is 57.4 cm³/mol. The second-order valence-corrected chi connectivity index (χ2v) is 4.37. The summed E-state index contributed by atoms with van der Waals surface area (Å²) < 4.78 is 18.8. The highest BCUT2D eigenvalue weighted by atomic mass is 19.1. The van der Waals surface area contributed by atoms with Gasteiger partial charge in [0.25, 0.3) is 0 Å². The highest BCUT2D eigenvalue weighted by Crippen LogP contribution is 2.27. The van der Waals surface area contributed by atoms with Crippen molar-refractivity contribution in [3.63, 3.8) is 0 Å². The molecule has 0 bridgehead atoms. The van der Waals surface area contributed by atoms with E-state index in [4.69, 9.17) is 4.74 Å². The zero-order valence-electron chi connectivity index (χ0n) is 9.54. The molecule has 1 aromatic carbocycles. The molecule has 0 spiro atoms. The summed E-state index contributed by atoms with van der Waals surface area (Å²) in [5, 5.41) is 9.73. The average Bonchev–Trinajstić information content (AvgIpc) is 2.05. The van der Waals surface area contributed by atoms with Crippen molar-refractivity contribution < 1.29 is 14.2 Å². The molecule has 2 nitrogen and oxygen atoms in total. The van der Waals surface area contributed by atoms with E-state index in [9.17, 15) is 9.50 Å². The summed E-state index contributed by atoms with van der Waals surface area (Å²) in [6, 6.07) is 4.41. The molecule has 1 N–H and O–H groups in total. The molecule has 1 aromatic rings. The van der Waals surface area contributed by atoms with Crippen LogP contribution in [0.5, 0.6) is 5.75 Å². The fraction of sp³-hybridized carbons (Fsp3) is 0.500. The van der Waals surface area contributed by atoms with Crippen molar-refractivity contribution in [1.29, 1.82) is 0 Å².